The average Bonchev–Trinajstić information content (AvgIpc) is 1.95. The van der Waals surface area contributed by atoms with Crippen LogP contribution < -0.4 is 0 Å². The maximum atomic E-state index is 12.0. The molecule has 0 atom stereocenters. The molecule has 0 fully saturated rings. The zero-order valence-corrected chi connectivity index (χ0v) is 12.0. The molecule has 0 radical (unpaired) electrons. The Balaban J connectivity index is 4.54. The summed E-state index contributed by atoms with van der Waals surface area (Å²) in [6.07, 6.45) is -0.225. The fourth-order valence-corrected chi connectivity index (χ4v) is 1.61. The van der Waals surface area contributed by atoms with E-state index in [0.29, 0.717) is 6.61 Å². The number of carbonyl (C=O) groups excluding carboxylic acids is 1. The van der Waals surface area contributed by atoms with Gasteiger partial charge in [0.25, 0.3) is 0 Å². The lowest BCUT2D eigenvalue weighted by molar-refractivity contribution is 0.0335. The highest BCUT2D eigenvalue weighted by atomic mass is 16.6. The molecule has 0 saturated heterocycles. The van der Waals surface area contributed by atoms with Crippen LogP contribution in [0, 0.1) is 5.41 Å². The minimum absolute atomic E-state index is 0.0101. The highest BCUT2D eigenvalue weighted by Gasteiger charge is 2.30. The molecule has 0 N–H and O–H groups in total. The molecule has 0 heterocycles. The van der Waals surface area contributed by atoms with Crippen LogP contribution in [0.1, 0.15) is 55.4 Å². The van der Waals surface area contributed by atoms with Gasteiger partial charge in [-0.3, -0.25) is 0 Å². The monoisotopic (exact) mass is 229 g/mol. The van der Waals surface area contributed by atoms with E-state index in [1.54, 1.807) is 4.90 Å². The summed E-state index contributed by atoms with van der Waals surface area (Å²) in [5.41, 5.74) is -0.195. The van der Waals surface area contributed by atoms with Gasteiger partial charge in [0.05, 0.1) is 6.61 Å². The van der Waals surface area contributed by atoms with Crippen molar-refractivity contribution in [1.29, 1.82) is 0 Å². The number of nitrogens with zero attached hydrogens (tertiary/aromatic N) is 1. The summed E-state index contributed by atoms with van der Waals surface area (Å²) in [6, 6.07) is 0.146. The van der Waals surface area contributed by atoms with Crippen LogP contribution in [-0.4, -0.2) is 29.2 Å². The van der Waals surface area contributed by atoms with Crippen molar-refractivity contribution in [2.75, 3.05) is 6.61 Å². The largest absolute Gasteiger partial charge is 0.449 e. The summed E-state index contributed by atoms with van der Waals surface area (Å²) in [6.45, 7) is 16.7. The molecule has 1 amide bonds. The number of hydrogen-bond acceptors (Lipinski definition) is 2. The van der Waals surface area contributed by atoms with Crippen molar-refractivity contribution in [2.24, 2.45) is 5.41 Å². The fraction of sp³-hybridized carbons (Fsp3) is 0.923. The minimum atomic E-state index is -0.225. The van der Waals surface area contributed by atoms with Gasteiger partial charge in [0.15, 0.2) is 0 Å². The van der Waals surface area contributed by atoms with Crippen LogP contribution in [0.5, 0.6) is 0 Å². The van der Waals surface area contributed by atoms with Gasteiger partial charge in [-0.2, -0.15) is 0 Å². The summed E-state index contributed by atoms with van der Waals surface area (Å²) in [7, 11) is 0. The van der Waals surface area contributed by atoms with E-state index in [-0.39, 0.29) is 23.1 Å². The molecule has 0 rings (SSSR count). The van der Waals surface area contributed by atoms with Gasteiger partial charge in [0.2, 0.25) is 0 Å². The van der Waals surface area contributed by atoms with E-state index in [4.69, 9.17) is 4.74 Å². The van der Waals surface area contributed by atoms with E-state index in [1.165, 1.54) is 0 Å². The van der Waals surface area contributed by atoms with E-state index in [1.807, 2.05) is 34.6 Å². The maximum absolute atomic E-state index is 12.0. The summed E-state index contributed by atoms with van der Waals surface area (Å²) >= 11 is 0. The molecule has 0 aromatic rings. The first-order valence-corrected chi connectivity index (χ1v) is 5.91. The number of amides is 1. The third-order valence-electron chi connectivity index (χ3n) is 2.06. The molecule has 96 valence electrons. The van der Waals surface area contributed by atoms with E-state index in [2.05, 4.69) is 20.8 Å². The van der Waals surface area contributed by atoms with E-state index >= 15 is 0 Å². The Kier molecular flexibility index (Phi) is 4.84. The Labute approximate surface area is 100 Å². The van der Waals surface area contributed by atoms with Gasteiger partial charge in [0, 0.05) is 11.6 Å². The molecular formula is C13H27NO2. The SMILES string of the molecule is CC(C)N(C(=O)OCC(C)(C)C)C(C)(C)C. The first kappa shape index (κ1) is 15.3. The van der Waals surface area contributed by atoms with E-state index < -0.39 is 0 Å². The van der Waals surface area contributed by atoms with Crippen LogP contribution >= 0.6 is 0 Å². The Bertz CT molecular complexity index is 233. The maximum Gasteiger partial charge on any atom is 0.410 e. The second kappa shape index (κ2) is 5.07. The molecule has 0 unspecified atom stereocenters. The topological polar surface area (TPSA) is 29.5 Å². The van der Waals surface area contributed by atoms with Crippen molar-refractivity contribution >= 4 is 6.09 Å². The molecule has 0 aliphatic carbocycles. The molecule has 0 aromatic heterocycles. The van der Waals surface area contributed by atoms with Gasteiger partial charge < -0.3 is 9.64 Å². The smallest absolute Gasteiger partial charge is 0.410 e. The van der Waals surface area contributed by atoms with Gasteiger partial charge in [-0.05, 0) is 40.0 Å². The Morgan fingerprint density at radius 2 is 1.56 bits per heavy atom. The highest BCUT2D eigenvalue weighted by Crippen LogP contribution is 2.20. The third-order valence-corrected chi connectivity index (χ3v) is 2.06. The first-order chi connectivity index (χ1) is 6.95. The average molecular weight is 229 g/mol. The van der Waals surface area contributed by atoms with Crippen LogP contribution in [0.15, 0.2) is 0 Å². The number of ether oxygens (including phenoxy) is 1. The lowest BCUT2D eigenvalue weighted by Crippen LogP contribution is -2.50. The van der Waals surface area contributed by atoms with Crippen molar-refractivity contribution in [1.82, 2.24) is 4.90 Å². The van der Waals surface area contributed by atoms with Crippen LogP contribution in [0.3, 0.4) is 0 Å². The summed E-state index contributed by atoms with van der Waals surface area (Å²) in [5, 5.41) is 0. The minimum Gasteiger partial charge on any atom is -0.449 e. The second-order valence-electron chi connectivity index (χ2n) is 6.75. The summed E-state index contributed by atoms with van der Waals surface area (Å²) in [4.78, 5) is 13.8. The molecule has 0 spiro atoms. The standard InChI is InChI=1S/C13H27NO2/c1-10(2)14(13(6,7)8)11(15)16-9-12(3,4)5/h10H,9H2,1-8H3. The molecule has 3 nitrogen and oxygen atoms in total. The predicted octanol–water partition coefficient (Wildman–Crippen LogP) is 3.68. The van der Waals surface area contributed by atoms with Crippen molar-refractivity contribution < 1.29 is 9.53 Å². The van der Waals surface area contributed by atoms with E-state index in [9.17, 15) is 4.79 Å². The van der Waals surface area contributed by atoms with Crippen LogP contribution in [-0.2, 0) is 4.74 Å². The first-order valence-electron chi connectivity index (χ1n) is 5.91. The normalized spacial score (nSPS) is 12.8. The molecule has 0 bridgehead atoms. The molecule has 3 heteroatoms. The quantitative estimate of drug-likeness (QED) is 0.723. The Morgan fingerprint density at radius 1 is 1.12 bits per heavy atom. The summed E-state index contributed by atoms with van der Waals surface area (Å²) in [5.74, 6) is 0. The van der Waals surface area contributed by atoms with Gasteiger partial charge in [-0.1, -0.05) is 20.8 Å². The second-order valence-corrected chi connectivity index (χ2v) is 6.75. The van der Waals surface area contributed by atoms with Crippen molar-refractivity contribution in [3.63, 3.8) is 0 Å². The molecule has 0 aromatic carbocycles. The number of carbonyl (C=O) groups is 1. The fourth-order valence-electron chi connectivity index (χ4n) is 1.61. The van der Waals surface area contributed by atoms with Crippen LogP contribution in [0.2, 0.25) is 0 Å². The van der Waals surface area contributed by atoms with E-state index in [0.717, 1.165) is 0 Å². The molecular weight excluding hydrogens is 202 g/mol. The Hall–Kier alpha value is -0.730. The van der Waals surface area contributed by atoms with Gasteiger partial charge in [0.1, 0.15) is 0 Å². The van der Waals surface area contributed by atoms with Crippen molar-refractivity contribution in [3.8, 4) is 0 Å². The van der Waals surface area contributed by atoms with Gasteiger partial charge in [-0.25, -0.2) is 4.79 Å². The number of hydrogen-bond donors (Lipinski definition) is 0. The zero-order valence-electron chi connectivity index (χ0n) is 12.0. The Morgan fingerprint density at radius 3 is 1.81 bits per heavy atom. The lowest BCUT2D eigenvalue weighted by atomic mass is 9.99. The third kappa shape index (κ3) is 5.38. The van der Waals surface area contributed by atoms with Crippen molar-refractivity contribution in [3.05, 3.63) is 0 Å². The molecule has 16 heavy (non-hydrogen) atoms. The summed E-state index contributed by atoms with van der Waals surface area (Å²) < 4.78 is 5.34. The zero-order chi connectivity index (χ0) is 13.1. The molecule has 0 saturated carbocycles. The molecule has 0 aliphatic heterocycles. The highest BCUT2D eigenvalue weighted by molar-refractivity contribution is 5.69. The van der Waals surface area contributed by atoms with Gasteiger partial charge in [-0.15, -0.1) is 0 Å². The van der Waals surface area contributed by atoms with Crippen molar-refractivity contribution in [2.45, 2.75) is 67.0 Å². The lowest BCUT2D eigenvalue weighted by Gasteiger charge is -2.38. The molecule has 0 aliphatic rings. The predicted molar refractivity (Wildman–Crippen MR) is 67.5 cm³/mol. The van der Waals surface area contributed by atoms with Crippen LogP contribution in [0.25, 0.3) is 0 Å². The van der Waals surface area contributed by atoms with Crippen LogP contribution in [0.4, 0.5) is 4.79 Å². The van der Waals surface area contributed by atoms with Gasteiger partial charge >= 0.3 is 6.09 Å². The number of rotatable bonds is 2.